The second-order valence-corrected chi connectivity index (χ2v) is 4.51. The lowest BCUT2D eigenvalue weighted by Crippen LogP contribution is -2.39. The number of pyridine rings is 1. The van der Waals surface area contributed by atoms with E-state index in [0.717, 1.165) is 11.4 Å². The molecule has 17 heavy (non-hydrogen) atoms. The van der Waals surface area contributed by atoms with Gasteiger partial charge < -0.3 is 0 Å². The molecule has 0 saturated heterocycles. The highest BCUT2D eigenvalue weighted by molar-refractivity contribution is 7.15. The summed E-state index contributed by atoms with van der Waals surface area (Å²) in [5.74, 6) is -0.0972. The highest BCUT2D eigenvalue weighted by Crippen LogP contribution is 2.14. The highest BCUT2D eigenvalue weighted by atomic mass is 32.1. The molecule has 0 saturated carbocycles. The molecule has 0 aromatic carbocycles. The monoisotopic (exact) mass is 249 g/mol. The van der Waals surface area contributed by atoms with Crippen molar-refractivity contribution in [2.75, 3.05) is 5.32 Å². The van der Waals surface area contributed by atoms with Crippen LogP contribution in [0.3, 0.4) is 0 Å². The van der Waals surface area contributed by atoms with Crippen molar-refractivity contribution in [2.24, 2.45) is 0 Å². The maximum absolute atomic E-state index is 11.7. The lowest BCUT2D eigenvalue weighted by molar-refractivity contribution is -0.684. The zero-order valence-electron chi connectivity index (χ0n) is 9.46. The fourth-order valence-electron chi connectivity index (χ4n) is 1.31. The number of rotatable bonds is 4. The Kier molecular flexibility index (Phi) is 3.77. The van der Waals surface area contributed by atoms with Gasteiger partial charge in [-0.15, -0.1) is 10.2 Å². The Hall–Kier alpha value is -1.82. The molecule has 2 heterocycles. The van der Waals surface area contributed by atoms with Gasteiger partial charge in [-0.1, -0.05) is 24.3 Å². The first kappa shape index (κ1) is 11.7. The van der Waals surface area contributed by atoms with E-state index in [-0.39, 0.29) is 12.5 Å². The highest BCUT2D eigenvalue weighted by Gasteiger charge is 2.11. The predicted octanol–water partition coefficient (Wildman–Crippen LogP) is 1.03. The molecule has 0 radical (unpaired) electrons. The van der Waals surface area contributed by atoms with Crippen LogP contribution in [0.25, 0.3) is 0 Å². The lowest BCUT2D eigenvalue weighted by Gasteiger charge is -1.97. The van der Waals surface area contributed by atoms with Crippen molar-refractivity contribution in [1.29, 1.82) is 0 Å². The second-order valence-electron chi connectivity index (χ2n) is 3.45. The second kappa shape index (κ2) is 5.49. The number of aryl methyl sites for hydroxylation is 1. The van der Waals surface area contributed by atoms with Gasteiger partial charge in [-0.3, -0.25) is 10.1 Å². The van der Waals surface area contributed by atoms with E-state index in [2.05, 4.69) is 15.5 Å². The molecule has 0 aliphatic carbocycles. The van der Waals surface area contributed by atoms with Gasteiger partial charge >= 0.3 is 0 Å². The van der Waals surface area contributed by atoms with Gasteiger partial charge in [-0.05, 0) is 6.42 Å². The summed E-state index contributed by atoms with van der Waals surface area (Å²) in [5, 5.41) is 12.1. The van der Waals surface area contributed by atoms with Crippen LogP contribution in [0.15, 0.2) is 30.6 Å². The van der Waals surface area contributed by atoms with Gasteiger partial charge in [0.2, 0.25) is 11.7 Å². The summed E-state index contributed by atoms with van der Waals surface area (Å²) in [6.07, 6.45) is 4.52. The third-order valence-corrected chi connectivity index (χ3v) is 3.10. The number of hydrogen-bond donors (Lipinski definition) is 1. The van der Waals surface area contributed by atoms with Crippen LogP contribution in [0.2, 0.25) is 0 Å². The number of anilines is 1. The van der Waals surface area contributed by atoms with Crippen molar-refractivity contribution in [1.82, 2.24) is 10.2 Å². The van der Waals surface area contributed by atoms with E-state index in [1.165, 1.54) is 11.3 Å². The molecule has 2 rings (SSSR count). The summed E-state index contributed by atoms with van der Waals surface area (Å²) in [6, 6.07) is 5.67. The number of carbonyl (C=O) groups is 1. The molecule has 2 aromatic rings. The Morgan fingerprint density at radius 3 is 2.76 bits per heavy atom. The van der Waals surface area contributed by atoms with Crippen molar-refractivity contribution >= 4 is 22.4 Å². The Morgan fingerprint density at radius 1 is 1.35 bits per heavy atom. The summed E-state index contributed by atoms with van der Waals surface area (Å²) in [7, 11) is 0. The average Bonchev–Trinajstić information content (AvgIpc) is 2.78. The predicted molar refractivity (Wildman–Crippen MR) is 64.6 cm³/mol. The van der Waals surface area contributed by atoms with Crippen LogP contribution in [-0.4, -0.2) is 16.1 Å². The molecule has 0 aliphatic heterocycles. The first-order valence-electron chi connectivity index (χ1n) is 5.34. The molecule has 2 aromatic heterocycles. The van der Waals surface area contributed by atoms with Gasteiger partial charge in [-0.2, -0.15) is 4.57 Å². The molecule has 0 fully saturated rings. The van der Waals surface area contributed by atoms with E-state index in [0.29, 0.717) is 5.13 Å². The quantitative estimate of drug-likeness (QED) is 0.823. The number of carbonyl (C=O) groups excluding carboxylic acids is 1. The molecule has 1 N–H and O–H groups in total. The van der Waals surface area contributed by atoms with Crippen LogP contribution in [0.1, 0.15) is 11.9 Å². The minimum atomic E-state index is -0.0972. The molecule has 1 amide bonds. The zero-order valence-corrected chi connectivity index (χ0v) is 10.3. The van der Waals surface area contributed by atoms with Crippen LogP contribution >= 0.6 is 11.3 Å². The van der Waals surface area contributed by atoms with Gasteiger partial charge in [-0.25, -0.2) is 0 Å². The molecule has 0 unspecified atom stereocenters. The van der Waals surface area contributed by atoms with E-state index in [1.807, 2.05) is 37.5 Å². The molecule has 0 bridgehead atoms. The van der Waals surface area contributed by atoms with Gasteiger partial charge in [0.15, 0.2) is 12.4 Å². The summed E-state index contributed by atoms with van der Waals surface area (Å²) in [5.41, 5.74) is 0. The van der Waals surface area contributed by atoms with Crippen LogP contribution < -0.4 is 9.88 Å². The Balaban J connectivity index is 1.93. The lowest BCUT2D eigenvalue weighted by atomic mass is 10.4. The summed E-state index contributed by atoms with van der Waals surface area (Å²) >= 11 is 1.41. The molecule has 0 atom stereocenters. The molecule has 88 valence electrons. The van der Waals surface area contributed by atoms with Crippen LogP contribution in [0.5, 0.6) is 0 Å². The normalized spacial score (nSPS) is 10.2. The Bertz CT molecular complexity index is 497. The Labute approximate surface area is 103 Å². The molecule has 0 aliphatic rings. The van der Waals surface area contributed by atoms with E-state index in [4.69, 9.17) is 0 Å². The first-order chi connectivity index (χ1) is 8.28. The van der Waals surface area contributed by atoms with Crippen molar-refractivity contribution < 1.29 is 9.36 Å². The molecular formula is C11H13N4OS+. The number of nitrogens with one attached hydrogen (secondary N) is 1. The maximum Gasteiger partial charge on any atom is 0.292 e. The maximum atomic E-state index is 11.7. The zero-order chi connectivity index (χ0) is 12.1. The minimum absolute atomic E-state index is 0.0972. The van der Waals surface area contributed by atoms with Crippen molar-refractivity contribution in [3.8, 4) is 0 Å². The SMILES string of the molecule is CCc1nnc(NC(=O)C[n+]2ccccc2)s1. The van der Waals surface area contributed by atoms with Crippen LogP contribution in [0, 0.1) is 0 Å². The van der Waals surface area contributed by atoms with Crippen LogP contribution in [0.4, 0.5) is 5.13 Å². The number of amides is 1. The third-order valence-electron chi connectivity index (χ3n) is 2.12. The number of hydrogen-bond acceptors (Lipinski definition) is 4. The minimum Gasteiger partial charge on any atom is -0.295 e. The van der Waals surface area contributed by atoms with Gasteiger partial charge in [0, 0.05) is 12.1 Å². The fourth-order valence-corrected chi connectivity index (χ4v) is 2.01. The summed E-state index contributed by atoms with van der Waals surface area (Å²) in [6.45, 7) is 2.29. The third kappa shape index (κ3) is 3.32. The Morgan fingerprint density at radius 2 is 2.12 bits per heavy atom. The van der Waals surface area contributed by atoms with Crippen LogP contribution in [-0.2, 0) is 17.8 Å². The molecular weight excluding hydrogens is 236 g/mol. The number of nitrogens with zero attached hydrogens (tertiary/aromatic N) is 3. The first-order valence-corrected chi connectivity index (χ1v) is 6.16. The van der Waals surface area contributed by atoms with Gasteiger partial charge in [0.25, 0.3) is 5.91 Å². The van der Waals surface area contributed by atoms with E-state index >= 15 is 0 Å². The number of aromatic nitrogens is 3. The largest absolute Gasteiger partial charge is 0.295 e. The van der Waals surface area contributed by atoms with E-state index < -0.39 is 0 Å². The molecule has 6 heteroatoms. The smallest absolute Gasteiger partial charge is 0.292 e. The summed E-state index contributed by atoms with van der Waals surface area (Å²) in [4.78, 5) is 11.7. The standard InChI is InChI=1S/C11H12N4OS/c1-2-10-13-14-11(17-10)12-9(16)8-15-6-4-3-5-7-15/h3-7H,2,8H2,1H3/p+1. The topological polar surface area (TPSA) is 58.8 Å². The van der Waals surface area contributed by atoms with Crippen molar-refractivity contribution in [3.05, 3.63) is 35.6 Å². The average molecular weight is 249 g/mol. The van der Waals surface area contributed by atoms with Gasteiger partial charge in [0.1, 0.15) is 5.01 Å². The summed E-state index contributed by atoms with van der Waals surface area (Å²) < 4.78 is 1.80. The van der Waals surface area contributed by atoms with Gasteiger partial charge in [0.05, 0.1) is 0 Å². The van der Waals surface area contributed by atoms with E-state index in [1.54, 1.807) is 4.57 Å². The van der Waals surface area contributed by atoms with E-state index in [9.17, 15) is 4.79 Å². The van der Waals surface area contributed by atoms with Crippen molar-refractivity contribution in [3.63, 3.8) is 0 Å². The van der Waals surface area contributed by atoms with Crippen molar-refractivity contribution in [2.45, 2.75) is 19.9 Å². The molecule has 5 nitrogen and oxygen atoms in total. The molecule has 0 spiro atoms. The fraction of sp³-hybridized carbons (Fsp3) is 0.273.